The quantitative estimate of drug-likeness (QED) is 0.875. The van der Waals surface area contributed by atoms with E-state index in [1.165, 1.54) is 0 Å². The molecule has 22 heavy (non-hydrogen) atoms. The van der Waals surface area contributed by atoms with Gasteiger partial charge in [-0.2, -0.15) is 0 Å². The monoisotopic (exact) mass is 304 g/mol. The molecule has 1 aliphatic heterocycles. The number of amides is 2. The third kappa shape index (κ3) is 4.31. The molecule has 2 amide bonds. The zero-order valence-corrected chi connectivity index (χ0v) is 13.3. The molecular weight excluding hydrogens is 280 g/mol. The molecule has 1 fully saturated rings. The second-order valence-electron chi connectivity index (χ2n) is 5.62. The lowest BCUT2D eigenvalue weighted by Gasteiger charge is -2.21. The van der Waals surface area contributed by atoms with Gasteiger partial charge >= 0.3 is 0 Å². The van der Waals surface area contributed by atoms with Crippen LogP contribution in [0.25, 0.3) is 0 Å². The van der Waals surface area contributed by atoms with Crippen LogP contribution >= 0.6 is 0 Å². The number of hydrogen-bond acceptors (Lipinski definition) is 3. The fourth-order valence-electron chi connectivity index (χ4n) is 2.66. The van der Waals surface area contributed by atoms with Gasteiger partial charge in [0.2, 0.25) is 11.8 Å². The summed E-state index contributed by atoms with van der Waals surface area (Å²) in [6.45, 7) is 5.26. The predicted octanol–water partition coefficient (Wildman–Crippen LogP) is 2.04. The molecular formula is C17H24N2O3. The summed E-state index contributed by atoms with van der Waals surface area (Å²) in [4.78, 5) is 24.1. The number of ether oxygens (including phenoxy) is 1. The Morgan fingerprint density at radius 1 is 1.27 bits per heavy atom. The molecule has 0 radical (unpaired) electrons. The average molecular weight is 304 g/mol. The van der Waals surface area contributed by atoms with Crippen molar-refractivity contribution >= 4 is 17.5 Å². The Balaban J connectivity index is 1.87. The maximum absolute atomic E-state index is 12.1. The lowest BCUT2D eigenvalue weighted by Crippen LogP contribution is -2.38. The second-order valence-corrected chi connectivity index (χ2v) is 5.62. The van der Waals surface area contributed by atoms with Gasteiger partial charge in [0.15, 0.2) is 0 Å². The van der Waals surface area contributed by atoms with E-state index in [4.69, 9.17) is 4.74 Å². The molecule has 1 aromatic carbocycles. The maximum Gasteiger partial charge on any atom is 0.243 e. The Hall–Kier alpha value is -1.88. The van der Waals surface area contributed by atoms with Gasteiger partial charge in [-0.1, -0.05) is 25.1 Å². The lowest BCUT2D eigenvalue weighted by molar-refractivity contribution is -0.129. The molecule has 1 heterocycles. The number of carbonyl (C=O) groups is 2. The number of aryl methyl sites for hydroxylation is 2. The van der Waals surface area contributed by atoms with Crippen molar-refractivity contribution in [3.05, 3.63) is 29.3 Å². The Labute approximate surface area is 131 Å². The highest BCUT2D eigenvalue weighted by molar-refractivity contribution is 5.96. The number of rotatable bonds is 5. The number of hydrogen-bond donors (Lipinski definition) is 2. The van der Waals surface area contributed by atoms with E-state index < -0.39 is 0 Å². The first-order chi connectivity index (χ1) is 10.6. The minimum atomic E-state index is -0.190. The lowest BCUT2D eigenvalue weighted by atomic mass is 9.99. The summed E-state index contributed by atoms with van der Waals surface area (Å²) in [5.41, 5.74) is 2.99. The topological polar surface area (TPSA) is 67.4 Å². The molecule has 0 aliphatic carbocycles. The number of carbonyl (C=O) groups excluding carboxylic acids is 2. The van der Waals surface area contributed by atoms with Crippen LogP contribution in [0.2, 0.25) is 0 Å². The van der Waals surface area contributed by atoms with Crippen molar-refractivity contribution in [2.45, 2.75) is 33.1 Å². The largest absolute Gasteiger partial charge is 0.381 e. The van der Waals surface area contributed by atoms with Crippen LogP contribution < -0.4 is 10.6 Å². The van der Waals surface area contributed by atoms with Crippen molar-refractivity contribution in [1.29, 1.82) is 0 Å². The highest BCUT2D eigenvalue weighted by Crippen LogP contribution is 2.20. The number of benzene rings is 1. The Bertz CT molecular complexity index is 537. The SMILES string of the molecule is CCc1cccc(C)c1NC(=O)CNC(=O)C1CCOCC1. The minimum absolute atomic E-state index is 0.00762. The molecule has 1 saturated heterocycles. The van der Waals surface area contributed by atoms with Gasteiger partial charge in [0.05, 0.1) is 6.54 Å². The van der Waals surface area contributed by atoms with Crippen molar-refractivity contribution in [3.8, 4) is 0 Å². The van der Waals surface area contributed by atoms with Gasteiger partial charge in [-0.25, -0.2) is 0 Å². The molecule has 120 valence electrons. The molecule has 2 rings (SSSR count). The summed E-state index contributed by atoms with van der Waals surface area (Å²) in [5.74, 6) is -0.283. The fraction of sp³-hybridized carbons (Fsp3) is 0.529. The number of anilines is 1. The summed E-state index contributed by atoms with van der Waals surface area (Å²) in [6.07, 6.45) is 2.31. The third-order valence-corrected chi connectivity index (χ3v) is 4.02. The molecule has 1 aliphatic rings. The van der Waals surface area contributed by atoms with E-state index in [0.717, 1.165) is 36.1 Å². The van der Waals surface area contributed by atoms with Crippen molar-refractivity contribution in [3.63, 3.8) is 0 Å². The van der Waals surface area contributed by atoms with Gasteiger partial charge in [0.25, 0.3) is 0 Å². The molecule has 1 aromatic rings. The normalized spacial score (nSPS) is 15.4. The molecule has 0 unspecified atom stereocenters. The van der Waals surface area contributed by atoms with Crippen LogP contribution in [0.15, 0.2) is 18.2 Å². The molecule has 5 heteroatoms. The Kier molecular flexibility index (Phi) is 5.95. The smallest absolute Gasteiger partial charge is 0.243 e. The zero-order valence-electron chi connectivity index (χ0n) is 13.3. The van der Waals surface area contributed by atoms with E-state index in [1.54, 1.807) is 0 Å². The van der Waals surface area contributed by atoms with Crippen LogP contribution in [-0.4, -0.2) is 31.6 Å². The minimum Gasteiger partial charge on any atom is -0.381 e. The van der Waals surface area contributed by atoms with E-state index in [0.29, 0.717) is 13.2 Å². The molecule has 0 spiro atoms. The standard InChI is InChI=1S/C17H24N2O3/c1-3-13-6-4-5-12(2)16(13)19-15(20)11-18-17(21)14-7-9-22-10-8-14/h4-6,14H,3,7-11H2,1-2H3,(H,18,21)(H,19,20). The Morgan fingerprint density at radius 2 is 2.00 bits per heavy atom. The molecule has 0 aromatic heterocycles. The van der Waals surface area contributed by atoms with Gasteiger partial charge in [-0.05, 0) is 37.3 Å². The third-order valence-electron chi connectivity index (χ3n) is 4.02. The first-order valence-corrected chi connectivity index (χ1v) is 7.85. The van der Waals surface area contributed by atoms with Crippen molar-refractivity contribution in [2.24, 2.45) is 5.92 Å². The highest BCUT2D eigenvalue weighted by atomic mass is 16.5. The second kappa shape index (κ2) is 7.94. The van der Waals surface area contributed by atoms with Crippen molar-refractivity contribution < 1.29 is 14.3 Å². The van der Waals surface area contributed by atoms with Crippen molar-refractivity contribution in [2.75, 3.05) is 25.1 Å². The van der Waals surface area contributed by atoms with Gasteiger partial charge in [-0.3, -0.25) is 9.59 Å². The van der Waals surface area contributed by atoms with Gasteiger partial charge in [0.1, 0.15) is 0 Å². The van der Waals surface area contributed by atoms with Crippen LogP contribution in [0.4, 0.5) is 5.69 Å². The number of nitrogens with one attached hydrogen (secondary N) is 2. The average Bonchev–Trinajstić information content (AvgIpc) is 2.55. The van der Waals surface area contributed by atoms with E-state index in [-0.39, 0.29) is 24.3 Å². The molecule has 0 saturated carbocycles. The summed E-state index contributed by atoms with van der Waals surface area (Å²) in [6, 6.07) is 5.95. The van der Waals surface area contributed by atoms with E-state index in [9.17, 15) is 9.59 Å². The van der Waals surface area contributed by atoms with Crippen LogP contribution in [0.5, 0.6) is 0 Å². The summed E-state index contributed by atoms with van der Waals surface area (Å²) in [7, 11) is 0. The van der Waals surface area contributed by atoms with Crippen LogP contribution in [0.1, 0.15) is 30.9 Å². The van der Waals surface area contributed by atoms with E-state index in [2.05, 4.69) is 17.6 Å². The maximum atomic E-state index is 12.1. The van der Waals surface area contributed by atoms with Gasteiger partial charge in [0, 0.05) is 24.8 Å². The van der Waals surface area contributed by atoms with E-state index in [1.807, 2.05) is 25.1 Å². The molecule has 0 atom stereocenters. The Morgan fingerprint density at radius 3 is 2.68 bits per heavy atom. The summed E-state index contributed by atoms with van der Waals surface area (Å²) < 4.78 is 5.23. The summed E-state index contributed by atoms with van der Waals surface area (Å²) >= 11 is 0. The molecule has 2 N–H and O–H groups in total. The number of para-hydroxylation sites is 1. The van der Waals surface area contributed by atoms with Crippen LogP contribution in [-0.2, 0) is 20.7 Å². The first-order valence-electron chi connectivity index (χ1n) is 7.85. The van der Waals surface area contributed by atoms with Gasteiger partial charge in [-0.15, -0.1) is 0 Å². The highest BCUT2D eigenvalue weighted by Gasteiger charge is 2.21. The first kappa shape index (κ1) is 16.5. The molecule has 5 nitrogen and oxygen atoms in total. The fourth-order valence-corrected chi connectivity index (χ4v) is 2.66. The van der Waals surface area contributed by atoms with Crippen LogP contribution in [0, 0.1) is 12.8 Å². The predicted molar refractivity (Wildman–Crippen MR) is 85.7 cm³/mol. The van der Waals surface area contributed by atoms with Gasteiger partial charge < -0.3 is 15.4 Å². The van der Waals surface area contributed by atoms with Crippen LogP contribution in [0.3, 0.4) is 0 Å². The van der Waals surface area contributed by atoms with Crippen molar-refractivity contribution in [1.82, 2.24) is 5.32 Å². The molecule has 0 bridgehead atoms. The summed E-state index contributed by atoms with van der Waals surface area (Å²) in [5, 5.41) is 5.63. The zero-order chi connectivity index (χ0) is 15.9. The van der Waals surface area contributed by atoms with E-state index >= 15 is 0 Å².